The molecule has 2 N–H and O–H groups in total. The third-order valence-electron chi connectivity index (χ3n) is 3.79. The van der Waals surface area contributed by atoms with E-state index in [1.54, 1.807) is 4.68 Å². The quantitative estimate of drug-likeness (QED) is 0.606. The molecule has 5 heteroatoms. The minimum absolute atomic E-state index is 0.157. The zero-order valence-electron chi connectivity index (χ0n) is 12.1. The van der Waals surface area contributed by atoms with Crippen LogP contribution in [0.5, 0.6) is 0 Å². The van der Waals surface area contributed by atoms with E-state index < -0.39 is 5.97 Å². The van der Waals surface area contributed by atoms with Gasteiger partial charge in [0, 0.05) is 22.7 Å². The lowest BCUT2D eigenvalue weighted by atomic mass is 10.1. The molecule has 0 amide bonds. The second kappa shape index (κ2) is 5.14. The summed E-state index contributed by atoms with van der Waals surface area (Å²) in [5.74, 6) is -0.995. The monoisotopic (exact) mass is 303 g/mol. The van der Waals surface area contributed by atoms with E-state index in [0.29, 0.717) is 11.3 Å². The third kappa shape index (κ3) is 2.19. The first-order valence-electron chi connectivity index (χ1n) is 7.19. The van der Waals surface area contributed by atoms with Crippen LogP contribution in [-0.4, -0.2) is 25.8 Å². The molecule has 0 aliphatic heterocycles. The fraction of sp³-hybridized carbons (Fsp3) is 0. The van der Waals surface area contributed by atoms with Crippen molar-refractivity contribution >= 4 is 16.9 Å². The second-order valence-electron chi connectivity index (χ2n) is 5.21. The van der Waals surface area contributed by atoms with E-state index in [2.05, 4.69) is 10.1 Å². The van der Waals surface area contributed by atoms with E-state index in [-0.39, 0.29) is 5.69 Å². The Morgan fingerprint density at radius 2 is 1.74 bits per heavy atom. The Kier molecular flexibility index (Phi) is 2.98. The molecule has 4 aromatic rings. The van der Waals surface area contributed by atoms with Crippen LogP contribution < -0.4 is 0 Å². The Hall–Kier alpha value is -3.34. The molecule has 0 bridgehead atoms. The number of nitrogens with one attached hydrogen (secondary N) is 1. The van der Waals surface area contributed by atoms with E-state index in [1.165, 1.54) is 0 Å². The number of carboxylic acid groups (broad SMARTS) is 1. The van der Waals surface area contributed by atoms with E-state index in [1.807, 2.05) is 66.9 Å². The van der Waals surface area contributed by atoms with Crippen LogP contribution in [0.25, 0.3) is 27.8 Å². The molecule has 23 heavy (non-hydrogen) atoms. The number of rotatable bonds is 3. The summed E-state index contributed by atoms with van der Waals surface area (Å²) < 4.78 is 1.74. The highest BCUT2D eigenvalue weighted by Gasteiger charge is 2.20. The van der Waals surface area contributed by atoms with E-state index in [0.717, 1.165) is 16.6 Å². The highest BCUT2D eigenvalue weighted by Crippen LogP contribution is 2.31. The predicted octanol–water partition coefficient (Wildman–Crippen LogP) is 3.72. The summed E-state index contributed by atoms with van der Waals surface area (Å²) in [6, 6.07) is 19.1. The van der Waals surface area contributed by atoms with Crippen molar-refractivity contribution in [2.45, 2.75) is 0 Å². The first-order chi connectivity index (χ1) is 11.2. The number of para-hydroxylation sites is 2. The van der Waals surface area contributed by atoms with Crippen molar-refractivity contribution < 1.29 is 9.90 Å². The van der Waals surface area contributed by atoms with Crippen molar-refractivity contribution in [3.05, 3.63) is 72.6 Å². The zero-order valence-corrected chi connectivity index (χ0v) is 12.1. The van der Waals surface area contributed by atoms with Crippen molar-refractivity contribution in [3.8, 4) is 16.9 Å². The van der Waals surface area contributed by atoms with Gasteiger partial charge >= 0.3 is 5.97 Å². The van der Waals surface area contributed by atoms with Crippen LogP contribution in [0.2, 0.25) is 0 Å². The highest BCUT2D eigenvalue weighted by atomic mass is 16.4. The minimum Gasteiger partial charge on any atom is -0.477 e. The number of benzene rings is 2. The number of hydrogen-bond acceptors (Lipinski definition) is 2. The lowest BCUT2D eigenvalue weighted by Gasteiger charge is -2.01. The van der Waals surface area contributed by atoms with Gasteiger partial charge in [-0.15, -0.1) is 0 Å². The summed E-state index contributed by atoms with van der Waals surface area (Å²) >= 11 is 0. The summed E-state index contributed by atoms with van der Waals surface area (Å²) in [6.45, 7) is 0. The molecule has 0 unspecified atom stereocenters. The van der Waals surface area contributed by atoms with Gasteiger partial charge in [-0.2, -0.15) is 5.10 Å². The number of aromatic carboxylic acids is 1. The molecule has 4 rings (SSSR count). The summed E-state index contributed by atoms with van der Waals surface area (Å²) in [5.41, 5.74) is 3.11. The second-order valence-corrected chi connectivity index (χ2v) is 5.21. The summed E-state index contributed by atoms with van der Waals surface area (Å²) in [4.78, 5) is 14.5. The lowest BCUT2D eigenvalue weighted by molar-refractivity contribution is 0.0692. The van der Waals surface area contributed by atoms with Crippen molar-refractivity contribution in [2.24, 2.45) is 0 Å². The van der Waals surface area contributed by atoms with Gasteiger partial charge in [0.1, 0.15) is 5.69 Å². The SMILES string of the molecule is O=C(O)c1[nH]c2ccccc2c1-c1ccn(-c2ccccc2)n1. The number of aromatic nitrogens is 3. The fourth-order valence-corrected chi connectivity index (χ4v) is 2.75. The van der Waals surface area contributed by atoms with Crippen LogP contribution in [0.1, 0.15) is 10.5 Å². The van der Waals surface area contributed by atoms with Crippen LogP contribution >= 0.6 is 0 Å². The molecule has 0 atom stereocenters. The molecule has 0 aliphatic rings. The van der Waals surface area contributed by atoms with Crippen molar-refractivity contribution in [3.63, 3.8) is 0 Å². The number of nitrogens with zero attached hydrogens (tertiary/aromatic N) is 2. The number of fused-ring (bicyclic) bond motifs is 1. The van der Waals surface area contributed by atoms with Gasteiger partial charge < -0.3 is 10.1 Å². The van der Waals surface area contributed by atoms with Crippen molar-refractivity contribution in [1.29, 1.82) is 0 Å². The molecule has 112 valence electrons. The van der Waals surface area contributed by atoms with Gasteiger partial charge in [-0.1, -0.05) is 36.4 Å². The first kappa shape index (κ1) is 13.3. The molecule has 2 aromatic heterocycles. The van der Waals surface area contributed by atoms with Crippen LogP contribution in [0.15, 0.2) is 66.9 Å². The molecule has 0 saturated heterocycles. The Balaban J connectivity index is 1.91. The molecular weight excluding hydrogens is 290 g/mol. The van der Waals surface area contributed by atoms with Crippen LogP contribution in [0.4, 0.5) is 0 Å². The maximum atomic E-state index is 11.6. The Labute approximate surface area is 131 Å². The number of H-pyrrole nitrogens is 1. The van der Waals surface area contributed by atoms with Gasteiger partial charge in [-0.3, -0.25) is 0 Å². The molecular formula is C18H13N3O2. The number of carboxylic acids is 1. The average molecular weight is 303 g/mol. The van der Waals surface area contributed by atoms with Crippen LogP contribution in [-0.2, 0) is 0 Å². The standard InChI is InChI=1S/C18H13N3O2/c22-18(23)17-16(13-8-4-5-9-14(13)19-17)15-10-11-21(20-15)12-6-2-1-3-7-12/h1-11,19H,(H,22,23). The minimum atomic E-state index is -0.995. The molecule has 0 spiro atoms. The maximum Gasteiger partial charge on any atom is 0.353 e. The van der Waals surface area contributed by atoms with Gasteiger partial charge in [-0.25, -0.2) is 9.48 Å². The number of carbonyl (C=O) groups is 1. The van der Waals surface area contributed by atoms with Gasteiger partial charge in [0.25, 0.3) is 0 Å². The molecule has 2 heterocycles. The zero-order chi connectivity index (χ0) is 15.8. The highest BCUT2D eigenvalue weighted by molar-refractivity contribution is 6.06. The van der Waals surface area contributed by atoms with Crippen LogP contribution in [0, 0.1) is 0 Å². The molecule has 2 aromatic carbocycles. The predicted molar refractivity (Wildman–Crippen MR) is 87.8 cm³/mol. The fourth-order valence-electron chi connectivity index (χ4n) is 2.75. The normalized spacial score (nSPS) is 11.0. The Bertz CT molecular complexity index is 999. The van der Waals surface area contributed by atoms with Gasteiger partial charge in [0.2, 0.25) is 0 Å². The largest absolute Gasteiger partial charge is 0.477 e. The molecule has 0 fully saturated rings. The van der Waals surface area contributed by atoms with Gasteiger partial charge in [0.15, 0.2) is 0 Å². The van der Waals surface area contributed by atoms with E-state index in [4.69, 9.17) is 0 Å². The topological polar surface area (TPSA) is 70.9 Å². The van der Waals surface area contributed by atoms with Gasteiger partial charge in [0.05, 0.1) is 11.4 Å². The average Bonchev–Trinajstić information content (AvgIpc) is 3.20. The number of aromatic amines is 1. The Morgan fingerprint density at radius 3 is 2.52 bits per heavy atom. The smallest absolute Gasteiger partial charge is 0.353 e. The molecule has 0 aliphatic carbocycles. The van der Waals surface area contributed by atoms with E-state index in [9.17, 15) is 9.90 Å². The van der Waals surface area contributed by atoms with Gasteiger partial charge in [-0.05, 0) is 24.3 Å². The summed E-state index contributed by atoms with van der Waals surface area (Å²) in [7, 11) is 0. The lowest BCUT2D eigenvalue weighted by Crippen LogP contribution is -2.00. The van der Waals surface area contributed by atoms with Crippen LogP contribution in [0.3, 0.4) is 0 Å². The van der Waals surface area contributed by atoms with E-state index >= 15 is 0 Å². The maximum absolute atomic E-state index is 11.6. The Morgan fingerprint density at radius 1 is 1.00 bits per heavy atom. The molecule has 5 nitrogen and oxygen atoms in total. The summed E-state index contributed by atoms with van der Waals surface area (Å²) in [6.07, 6.45) is 1.83. The number of hydrogen-bond donors (Lipinski definition) is 2. The third-order valence-corrected chi connectivity index (χ3v) is 3.79. The van der Waals surface area contributed by atoms with Crippen molar-refractivity contribution in [1.82, 2.24) is 14.8 Å². The molecule has 0 radical (unpaired) electrons. The first-order valence-corrected chi connectivity index (χ1v) is 7.19. The summed E-state index contributed by atoms with van der Waals surface area (Å²) in [5, 5.41) is 14.9. The molecule has 0 saturated carbocycles. The van der Waals surface area contributed by atoms with Crippen molar-refractivity contribution in [2.75, 3.05) is 0 Å².